The Hall–Kier alpha value is -0.610. The van der Waals surface area contributed by atoms with Crippen LogP contribution in [0.25, 0.3) is 0 Å². The van der Waals surface area contributed by atoms with Gasteiger partial charge in [-0.15, -0.1) is 0 Å². The molecule has 0 aromatic rings. The van der Waals surface area contributed by atoms with E-state index in [1.165, 1.54) is 0 Å². The molecule has 0 aromatic carbocycles. The molecule has 116 valence electrons. The third kappa shape index (κ3) is 3.34. The number of nitrogens with zero attached hydrogens (tertiary/aromatic N) is 1. The summed E-state index contributed by atoms with van der Waals surface area (Å²) in [6.45, 7) is 6.26. The lowest BCUT2D eigenvalue weighted by molar-refractivity contribution is -0.148. The predicted molar refractivity (Wildman–Crippen MR) is 78.8 cm³/mol. The largest absolute Gasteiger partial charge is 0.481 e. The van der Waals surface area contributed by atoms with Crippen molar-refractivity contribution >= 4 is 5.97 Å². The molecule has 2 rings (SSSR count). The molecule has 4 nitrogen and oxygen atoms in total. The molecule has 4 heteroatoms. The zero-order valence-corrected chi connectivity index (χ0v) is 13.1. The second-order valence-corrected chi connectivity index (χ2v) is 6.83. The molecule has 2 fully saturated rings. The van der Waals surface area contributed by atoms with Gasteiger partial charge in [-0.05, 0) is 51.5 Å². The zero-order chi connectivity index (χ0) is 14.8. The van der Waals surface area contributed by atoms with Crippen molar-refractivity contribution < 1.29 is 14.6 Å². The van der Waals surface area contributed by atoms with Gasteiger partial charge in [0.1, 0.15) is 0 Å². The van der Waals surface area contributed by atoms with Gasteiger partial charge in [-0.3, -0.25) is 9.69 Å². The van der Waals surface area contributed by atoms with Crippen molar-refractivity contribution in [3.8, 4) is 0 Å². The van der Waals surface area contributed by atoms with Crippen molar-refractivity contribution in [2.75, 3.05) is 20.2 Å². The van der Waals surface area contributed by atoms with E-state index < -0.39 is 5.97 Å². The van der Waals surface area contributed by atoms with Gasteiger partial charge in [0, 0.05) is 19.7 Å². The van der Waals surface area contributed by atoms with Gasteiger partial charge in [0.05, 0.1) is 11.5 Å². The number of piperidine rings is 1. The lowest BCUT2D eigenvalue weighted by Gasteiger charge is -2.47. The SMILES string of the molecule is CCC1CCC(C(=O)O)C(N2CCCC(C)(OC)C2)C1. The van der Waals surface area contributed by atoms with Crippen LogP contribution in [0, 0.1) is 11.8 Å². The molecule has 1 heterocycles. The van der Waals surface area contributed by atoms with Gasteiger partial charge in [-0.2, -0.15) is 0 Å². The molecule has 1 saturated heterocycles. The number of carboxylic acids is 1. The number of ether oxygens (including phenoxy) is 1. The lowest BCUT2D eigenvalue weighted by Crippen LogP contribution is -2.55. The summed E-state index contributed by atoms with van der Waals surface area (Å²) in [4.78, 5) is 14.0. The Morgan fingerprint density at radius 2 is 2.20 bits per heavy atom. The summed E-state index contributed by atoms with van der Waals surface area (Å²) in [6.07, 6.45) is 6.27. The Balaban J connectivity index is 2.11. The van der Waals surface area contributed by atoms with E-state index in [1.807, 2.05) is 0 Å². The number of carboxylic acid groups (broad SMARTS) is 1. The fourth-order valence-corrected chi connectivity index (χ4v) is 3.99. The monoisotopic (exact) mass is 283 g/mol. The first-order valence-electron chi connectivity index (χ1n) is 8.01. The van der Waals surface area contributed by atoms with Crippen molar-refractivity contribution in [2.45, 2.75) is 64.0 Å². The molecule has 0 bridgehead atoms. The Kier molecular flexibility index (Phi) is 5.08. The molecule has 4 unspecified atom stereocenters. The van der Waals surface area contributed by atoms with E-state index in [4.69, 9.17) is 4.74 Å². The average molecular weight is 283 g/mol. The highest BCUT2D eigenvalue weighted by Crippen LogP contribution is 2.37. The van der Waals surface area contributed by atoms with Crippen LogP contribution in [0.2, 0.25) is 0 Å². The highest BCUT2D eigenvalue weighted by atomic mass is 16.5. The fraction of sp³-hybridized carbons (Fsp3) is 0.938. The smallest absolute Gasteiger partial charge is 0.308 e. The molecule has 1 N–H and O–H groups in total. The fourth-order valence-electron chi connectivity index (χ4n) is 3.99. The topological polar surface area (TPSA) is 49.8 Å². The van der Waals surface area contributed by atoms with Gasteiger partial charge in [-0.25, -0.2) is 0 Å². The molecule has 0 spiro atoms. The highest BCUT2D eigenvalue weighted by Gasteiger charge is 2.41. The van der Waals surface area contributed by atoms with Crippen molar-refractivity contribution in [3.63, 3.8) is 0 Å². The van der Waals surface area contributed by atoms with Gasteiger partial charge in [-0.1, -0.05) is 13.3 Å². The summed E-state index contributed by atoms with van der Waals surface area (Å²) in [7, 11) is 1.77. The second kappa shape index (κ2) is 6.44. The molecule has 1 aliphatic carbocycles. The van der Waals surface area contributed by atoms with Crippen molar-refractivity contribution in [1.29, 1.82) is 0 Å². The van der Waals surface area contributed by atoms with E-state index in [1.54, 1.807) is 7.11 Å². The first-order valence-corrected chi connectivity index (χ1v) is 8.01. The number of hydrogen-bond donors (Lipinski definition) is 1. The summed E-state index contributed by atoms with van der Waals surface area (Å²) in [5.74, 6) is -0.127. The Bertz CT molecular complexity index is 347. The number of methoxy groups -OCH3 is 1. The van der Waals surface area contributed by atoms with Crippen LogP contribution in [0.1, 0.15) is 52.4 Å². The number of likely N-dealkylation sites (tertiary alicyclic amines) is 1. The van der Waals surface area contributed by atoms with E-state index in [2.05, 4.69) is 18.7 Å². The number of aliphatic carboxylic acids is 1. The quantitative estimate of drug-likeness (QED) is 0.862. The molecule has 0 amide bonds. The highest BCUT2D eigenvalue weighted by molar-refractivity contribution is 5.71. The maximum atomic E-state index is 11.6. The predicted octanol–water partition coefficient (Wildman–Crippen LogP) is 2.77. The minimum absolute atomic E-state index is 0.111. The summed E-state index contributed by atoms with van der Waals surface area (Å²) in [6, 6.07) is 0.195. The molecule has 1 aliphatic heterocycles. The Morgan fingerprint density at radius 1 is 1.45 bits per heavy atom. The van der Waals surface area contributed by atoms with E-state index in [0.717, 1.165) is 51.6 Å². The van der Waals surface area contributed by atoms with Crippen LogP contribution in [0.15, 0.2) is 0 Å². The Morgan fingerprint density at radius 3 is 2.80 bits per heavy atom. The van der Waals surface area contributed by atoms with Crippen LogP contribution in [0.4, 0.5) is 0 Å². The summed E-state index contributed by atoms with van der Waals surface area (Å²) < 4.78 is 5.66. The van der Waals surface area contributed by atoms with Crippen LogP contribution >= 0.6 is 0 Å². The summed E-state index contributed by atoms with van der Waals surface area (Å²) in [5.41, 5.74) is -0.111. The lowest BCUT2D eigenvalue weighted by atomic mass is 9.75. The number of carbonyl (C=O) groups is 1. The van der Waals surface area contributed by atoms with Gasteiger partial charge < -0.3 is 9.84 Å². The molecule has 0 aromatic heterocycles. The van der Waals surface area contributed by atoms with E-state index >= 15 is 0 Å². The zero-order valence-electron chi connectivity index (χ0n) is 13.1. The third-order valence-corrected chi connectivity index (χ3v) is 5.47. The number of rotatable bonds is 4. The molecular weight excluding hydrogens is 254 g/mol. The van der Waals surface area contributed by atoms with Crippen LogP contribution in [-0.2, 0) is 9.53 Å². The third-order valence-electron chi connectivity index (χ3n) is 5.47. The maximum Gasteiger partial charge on any atom is 0.308 e. The second-order valence-electron chi connectivity index (χ2n) is 6.83. The van der Waals surface area contributed by atoms with Gasteiger partial charge >= 0.3 is 5.97 Å². The van der Waals surface area contributed by atoms with Gasteiger partial charge in [0.2, 0.25) is 0 Å². The Labute approximate surface area is 122 Å². The summed E-state index contributed by atoms with van der Waals surface area (Å²) in [5, 5.41) is 9.53. The van der Waals surface area contributed by atoms with Crippen LogP contribution < -0.4 is 0 Å². The molecule has 20 heavy (non-hydrogen) atoms. The molecule has 0 radical (unpaired) electrons. The summed E-state index contributed by atoms with van der Waals surface area (Å²) >= 11 is 0. The first kappa shape index (κ1) is 15.8. The molecule has 4 atom stereocenters. The van der Waals surface area contributed by atoms with Gasteiger partial charge in [0.25, 0.3) is 0 Å². The van der Waals surface area contributed by atoms with Crippen LogP contribution in [0.3, 0.4) is 0 Å². The van der Waals surface area contributed by atoms with Crippen molar-refractivity contribution in [1.82, 2.24) is 4.90 Å². The van der Waals surface area contributed by atoms with E-state index in [9.17, 15) is 9.90 Å². The molecule has 1 saturated carbocycles. The standard InChI is InChI=1S/C16H29NO3/c1-4-12-6-7-13(15(18)19)14(10-12)17-9-5-8-16(2,11-17)20-3/h12-14H,4-11H2,1-3H3,(H,18,19). The maximum absolute atomic E-state index is 11.6. The minimum Gasteiger partial charge on any atom is -0.481 e. The van der Waals surface area contributed by atoms with Gasteiger partial charge in [0.15, 0.2) is 0 Å². The van der Waals surface area contributed by atoms with E-state index in [0.29, 0.717) is 5.92 Å². The van der Waals surface area contributed by atoms with Crippen molar-refractivity contribution in [2.24, 2.45) is 11.8 Å². The average Bonchev–Trinajstić information content (AvgIpc) is 2.46. The van der Waals surface area contributed by atoms with Crippen LogP contribution in [0.5, 0.6) is 0 Å². The first-order chi connectivity index (χ1) is 9.49. The minimum atomic E-state index is -0.616. The molecule has 2 aliphatic rings. The molecular formula is C16H29NO3. The van der Waals surface area contributed by atoms with Crippen molar-refractivity contribution in [3.05, 3.63) is 0 Å². The van der Waals surface area contributed by atoms with Crippen LogP contribution in [-0.4, -0.2) is 47.8 Å². The normalized spacial score (nSPS) is 39.6. The van der Waals surface area contributed by atoms with E-state index in [-0.39, 0.29) is 17.6 Å². The number of hydrogen-bond acceptors (Lipinski definition) is 3.